The summed E-state index contributed by atoms with van der Waals surface area (Å²) in [7, 11) is 0. The molecule has 0 spiro atoms. The number of nitrogens with one attached hydrogen (secondary N) is 1. The van der Waals surface area contributed by atoms with E-state index in [9.17, 15) is 0 Å². The minimum atomic E-state index is 0.153. The summed E-state index contributed by atoms with van der Waals surface area (Å²) >= 11 is 6.20. The molecule has 1 aliphatic rings. The van der Waals surface area contributed by atoms with Crippen molar-refractivity contribution in [2.45, 2.75) is 45.6 Å². The highest BCUT2D eigenvalue weighted by atomic mass is 35.5. The fraction of sp³-hybridized carbons (Fsp3) is 0.600. The topological polar surface area (TPSA) is 21.3 Å². The van der Waals surface area contributed by atoms with E-state index < -0.39 is 0 Å². The van der Waals surface area contributed by atoms with Crippen LogP contribution in [0.1, 0.15) is 39.5 Å². The second-order valence-electron chi connectivity index (χ2n) is 5.34. The molecule has 0 aromatic heterocycles. The fourth-order valence-electron chi connectivity index (χ4n) is 2.44. The van der Waals surface area contributed by atoms with Crippen LogP contribution in [0.3, 0.4) is 0 Å². The number of hydrogen-bond donors (Lipinski definition) is 1. The third-order valence-electron chi connectivity index (χ3n) is 3.36. The molecule has 0 atom stereocenters. The van der Waals surface area contributed by atoms with Gasteiger partial charge in [0.05, 0.1) is 11.1 Å². The van der Waals surface area contributed by atoms with Crippen molar-refractivity contribution in [1.29, 1.82) is 0 Å². The molecular formula is C15H22ClNO. The number of anilines is 1. The summed E-state index contributed by atoms with van der Waals surface area (Å²) in [6, 6.07) is 5.94. The third-order valence-corrected chi connectivity index (χ3v) is 3.66. The highest BCUT2D eigenvalue weighted by Gasteiger charge is 2.14. The van der Waals surface area contributed by atoms with E-state index >= 15 is 0 Å². The standard InChI is InChI=1S/C15H22ClNO/c1-11(2)18-15-8-7-13(9-14(15)16)17-10-12-5-3-4-6-12/h7-9,11-12,17H,3-6,10H2,1-2H3. The molecule has 2 nitrogen and oxygen atoms in total. The van der Waals surface area contributed by atoms with Crippen LogP contribution in [0, 0.1) is 5.92 Å². The molecule has 0 bridgehead atoms. The van der Waals surface area contributed by atoms with Crippen molar-refractivity contribution < 1.29 is 4.74 Å². The molecule has 0 radical (unpaired) electrons. The van der Waals surface area contributed by atoms with Crippen LogP contribution in [-0.4, -0.2) is 12.6 Å². The number of rotatable bonds is 5. The average molecular weight is 268 g/mol. The van der Waals surface area contributed by atoms with Gasteiger partial charge in [-0.15, -0.1) is 0 Å². The van der Waals surface area contributed by atoms with Gasteiger partial charge in [0, 0.05) is 12.2 Å². The Hall–Kier alpha value is -0.890. The van der Waals surface area contributed by atoms with Crippen LogP contribution < -0.4 is 10.1 Å². The van der Waals surface area contributed by atoms with Crippen LogP contribution in [0.2, 0.25) is 5.02 Å². The van der Waals surface area contributed by atoms with Gasteiger partial charge in [-0.1, -0.05) is 24.4 Å². The fourth-order valence-corrected chi connectivity index (χ4v) is 2.66. The lowest BCUT2D eigenvalue weighted by Crippen LogP contribution is -2.11. The number of halogens is 1. The van der Waals surface area contributed by atoms with E-state index in [4.69, 9.17) is 16.3 Å². The van der Waals surface area contributed by atoms with Crippen molar-refractivity contribution in [2.24, 2.45) is 5.92 Å². The number of ether oxygens (including phenoxy) is 1. The Bertz CT molecular complexity index is 386. The normalized spacial score (nSPS) is 16.2. The van der Waals surface area contributed by atoms with Gasteiger partial charge in [-0.2, -0.15) is 0 Å². The molecule has 3 heteroatoms. The Balaban J connectivity index is 1.91. The molecule has 1 aromatic carbocycles. The summed E-state index contributed by atoms with van der Waals surface area (Å²) in [6.45, 7) is 5.06. The van der Waals surface area contributed by atoms with Crippen molar-refractivity contribution in [3.05, 3.63) is 23.2 Å². The Kier molecular flexibility index (Phi) is 4.76. The van der Waals surface area contributed by atoms with Gasteiger partial charge >= 0.3 is 0 Å². The molecule has 1 aliphatic carbocycles. The third kappa shape index (κ3) is 3.81. The molecule has 100 valence electrons. The highest BCUT2D eigenvalue weighted by Crippen LogP contribution is 2.29. The van der Waals surface area contributed by atoms with E-state index in [1.165, 1.54) is 25.7 Å². The smallest absolute Gasteiger partial charge is 0.138 e. The van der Waals surface area contributed by atoms with Crippen LogP contribution in [0.25, 0.3) is 0 Å². The van der Waals surface area contributed by atoms with Crippen molar-refractivity contribution in [3.8, 4) is 5.75 Å². The van der Waals surface area contributed by atoms with Crippen molar-refractivity contribution in [2.75, 3.05) is 11.9 Å². The van der Waals surface area contributed by atoms with Gasteiger partial charge < -0.3 is 10.1 Å². The van der Waals surface area contributed by atoms with Gasteiger partial charge in [-0.25, -0.2) is 0 Å². The van der Waals surface area contributed by atoms with E-state index in [1.54, 1.807) is 0 Å². The minimum Gasteiger partial charge on any atom is -0.489 e. The predicted molar refractivity (Wildman–Crippen MR) is 77.7 cm³/mol. The summed E-state index contributed by atoms with van der Waals surface area (Å²) in [5.41, 5.74) is 1.09. The quantitative estimate of drug-likeness (QED) is 0.833. The predicted octanol–water partition coefficient (Wildman–Crippen LogP) is 4.73. The molecule has 18 heavy (non-hydrogen) atoms. The van der Waals surface area contributed by atoms with E-state index in [0.717, 1.165) is 23.9 Å². The second kappa shape index (κ2) is 6.33. The summed E-state index contributed by atoms with van der Waals surface area (Å²) in [4.78, 5) is 0. The lowest BCUT2D eigenvalue weighted by atomic mass is 10.1. The van der Waals surface area contributed by atoms with Crippen LogP contribution in [0.4, 0.5) is 5.69 Å². The Morgan fingerprint density at radius 1 is 1.33 bits per heavy atom. The molecule has 0 amide bonds. The SMILES string of the molecule is CC(C)Oc1ccc(NCC2CCCC2)cc1Cl. The first-order valence-corrected chi connectivity index (χ1v) is 7.23. The van der Waals surface area contributed by atoms with Crippen molar-refractivity contribution in [1.82, 2.24) is 0 Å². The van der Waals surface area contributed by atoms with Gasteiger partial charge in [0.1, 0.15) is 5.75 Å². The van der Waals surface area contributed by atoms with Crippen molar-refractivity contribution >= 4 is 17.3 Å². The zero-order valence-electron chi connectivity index (χ0n) is 11.2. The molecule has 0 unspecified atom stereocenters. The molecule has 1 saturated carbocycles. The maximum absolute atomic E-state index is 6.20. The first-order valence-electron chi connectivity index (χ1n) is 6.85. The molecule has 0 aliphatic heterocycles. The van der Waals surface area contributed by atoms with Gasteiger partial charge in [-0.05, 0) is 50.8 Å². The largest absolute Gasteiger partial charge is 0.489 e. The molecule has 1 aromatic rings. The monoisotopic (exact) mass is 267 g/mol. The molecule has 0 heterocycles. The van der Waals surface area contributed by atoms with Gasteiger partial charge in [0.2, 0.25) is 0 Å². The van der Waals surface area contributed by atoms with Crippen LogP contribution in [0.5, 0.6) is 5.75 Å². The zero-order chi connectivity index (χ0) is 13.0. The first kappa shape index (κ1) is 13.5. The lowest BCUT2D eigenvalue weighted by molar-refractivity contribution is 0.242. The summed E-state index contributed by atoms with van der Waals surface area (Å²) < 4.78 is 5.62. The molecule has 2 rings (SSSR count). The minimum absolute atomic E-state index is 0.153. The summed E-state index contributed by atoms with van der Waals surface area (Å²) in [6.07, 6.45) is 5.63. The molecular weight excluding hydrogens is 246 g/mol. The second-order valence-corrected chi connectivity index (χ2v) is 5.75. The van der Waals surface area contributed by atoms with Gasteiger partial charge in [-0.3, -0.25) is 0 Å². The van der Waals surface area contributed by atoms with E-state index in [0.29, 0.717) is 5.02 Å². The van der Waals surface area contributed by atoms with Crippen molar-refractivity contribution in [3.63, 3.8) is 0 Å². The van der Waals surface area contributed by atoms with Gasteiger partial charge in [0.25, 0.3) is 0 Å². The summed E-state index contributed by atoms with van der Waals surface area (Å²) in [5.74, 6) is 1.59. The highest BCUT2D eigenvalue weighted by molar-refractivity contribution is 6.32. The van der Waals surface area contributed by atoms with Gasteiger partial charge in [0.15, 0.2) is 0 Å². The maximum Gasteiger partial charge on any atom is 0.138 e. The Morgan fingerprint density at radius 2 is 2.06 bits per heavy atom. The molecule has 1 N–H and O–H groups in total. The van der Waals surface area contributed by atoms with Crippen LogP contribution in [0.15, 0.2) is 18.2 Å². The van der Waals surface area contributed by atoms with Crippen LogP contribution in [-0.2, 0) is 0 Å². The maximum atomic E-state index is 6.20. The molecule has 1 fully saturated rings. The lowest BCUT2D eigenvalue weighted by Gasteiger charge is -2.15. The van der Waals surface area contributed by atoms with E-state index in [2.05, 4.69) is 5.32 Å². The average Bonchev–Trinajstić information content (AvgIpc) is 2.82. The first-order chi connectivity index (χ1) is 8.65. The Labute approximate surface area is 115 Å². The number of benzene rings is 1. The zero-order valence-corrected chi connectivity index (χ0v) is 12.0. The van der Waals surface area contributed by atoms with E-state index in [-0.39, 0.29) is 6.10 Å². The van der Waals surface area contributed by atoms with E-state index in [1.807, 2.05) is 32.0 Å². The van der Waals surface area contributed by atoms with Crippen LogP contribution >= 0.6 is 11.6 Å². The number of hydrogen-bond acceptors (Lipinski definition) is 2. The Morgan fingerprint density at radius 3 is 2.67 bits per heavy atom. The summed E-state index contributed by atoms with van der Waals surface area (Å²) in [5, 5.41) is 4.15. The molecule has 0 saturated heterocycles.